The first-order valence-corrected chi connectivity index (χ1v) is 3.98. The van der Waals surface area contributed by atoms with E-state index in [1.54, 1.807) is 0 Å². The molecule has 0 unspecified atom stereocenters. The number of nitrogens with zero attached hydrogens (tertiary/aromatic N) is 2. The summed E-state index contributed by atoms with van der Waals surface area (Å²) in [7, 11) is 0. The maximum Gasteiger partial charge on any atom is 0.470 e. The summed E-state index contributed by atoms with van der Waals surface area (Å²) in [6.07, 6.45) is -12.2. The van der Waals surface area contributed by atoms with Crippen LogP contribution in [0.3, 0.4) is 0 Å². The van der Waals surface area contributed by atoms with E-state index in [9.17, 15) is 30.7 Å². The van der Waals surface area contributed by atoms with Gasteiger partial charge >= 0.3 is 18.2 Å². The zero-order valence-electron chi connectivity index (χ0n) is 8.03. The maximum atomic E-state index is 13.1. The summed E-state index contributed by atoms with van der Waals surface area (Å²) in [6.45, 7) is 0. The molecule has 1 N–H and O–H groups in total. The highest BCUT2D eigenvalue weighted by Gasteiger charge is 2.76. The average molecular weight is 277 g/mol. The van der Waals surface area contributed by atoms with Crippen LogP contribution in [0.5, 0.6) is 5.88 Å². The number of H-pyrrole nitrogens is 1. The third kappa shape index (κ3) is 2.18. The fourth-order valence-electron chi connectivity index (χ4n) is 0.849. The van der Waals surface area contributed by atoms with E-state index in [0.717, 1.165) is 0 Å². The monoisotopic (exact) mass is 277 g/mol. The highest BCUT2D eigenvalue weighted by molar-refractivity contribution is 5.35. The third-order valence-corrected chi connectivity index (χ3v) is 1.70. The average Bonchev–Trinajstić information content (AvgIpc) is 2.61. The molecule has 0 aliphatic heterocycles. The number of nitrogens with one attached hydrogen (secondary N) is 1. The van der Waals surface area contributed by atoms with Crippen LogP contribution in [0.1, 0.15) is 5.56 Å². The molecule has 4 nitrogen and oxygen atoms in total. The van der Waals surface area contributed by atoms with Crippen LogP contribution >= 0.6 is 0 Å². The third-order valence-electron chi connectivity index (χ3n) is 1.70. The van der Waals surface area contributed by atoms with Gasteiger partial charge < -0.3 is 4.74 Å². The van der Waals surface area contributed by atoms with Crippen molar-refractivity contribution in [3.8, 4) is 11.9 Å². The van der Waals surface area contributed by atoms with Gasteiger partial charge in [-0.15, -0.1) is 0 Å². The number of nitriles is 1. The van der Waals surface area contributed by atoms with Crippen LogP contribution in [0.4, 0.5) is 30.7 Å². The Labute approximate surface area is 94.0 Å². The zero-order chi connectivity index (χ0) is 14.2. The second kappa shape index (κ2) is 4.04. The molecule has 0 amide bonds. The number of aromatic amines is 1. The van der Waals surface area contributed by atoms with Crippen molar-refractivity contribution < 1.29 is 35.5 Å². The lowest BCUT2D eigenvalue weighted by Crippen LogP contribution is -2.57. The van der Waals surface area contributed by atoms with Gasteiger partial charge in [0.2, 0.25) is 5.88 Å². The molecule has 0 saturated carbocycles. The van der Waals surface area contributed by atoms with Crippen LogP contribution in [0.25, 0.3) is 0 Å². The molecule has 1 heterocycles. The molecule has 18 heavy (non-hydrogen) atoms. The van der Waals surface area contributed by atoms with Gasteiger partial charge in [0.25, 0.3) is 0 Å². The number of ether oxygens (including phenoxy) is 1. The lowest BCUT2D eigenvalue weighted by atomic mass is 10.3. The second-order valence-corrected chi connectivity index (χ2v) is 2.92. The lowest BCUT2D eigenvalue weighted by Gasteiger charge is -2.29. The number of alkyl halides is 7. The molecule has 0 bridgehead atoms. The predicted molar refractivity (Wildman–Crippen MR) is 39.9 cm³/mol. The minimum absolute atomic E-state index is 0.586. The van der Waals surface area contributed by atoms with E-state index in [2.05, 4.69) is 9.84 Å². The van der Waals surface area contributed by atoms with Crippen molar-refractivity contribution in [2.75, 3.05) is 0 Å². The number of rotatable bonds is 2. The van der Waals surface area contributed by atoms with Gasteiger partial charge in [0.1, 0.15) is 11.6 Å². The highest BCUT2D eigenvalue weighted by Crippen LogP contribution is 2.47. The maximum absolute atomic E-state index is 13.1. The minimum atomic E-state index is -6.37. The van der Waals surface area contributed by atoms with E-state index in [-0.39, 0.29) is 0 Å². The molecule has 0 saturated heterocycles. The molecule has 0 atom stereocenters. The Balaban J connectivity index is 3.21. The predicted octanol–water partition coefficient (Wildman–Crippen LogP) is 2.45. The van der Waals surface area contributed by atoms with Gasteiger partial charge in [-0.3, -0.25) is 0 Å². The summed E-state index contributed by atoms with van der Waals surface area (Å²) < 4.78 is 88.8. The minimum Gasteiger partial charge on any atom is -0.425 e. The van der Waals surface area contributed by atoms with Gasteiger partial charge in [-0.25, -0.2) is 5.10 Å². The van der Waals surface area contributed by atoms with Crippen molar-refractivity contribution in [1.82, 2.24) is 10.2 Å². The second-order valence-electron chi connectivity index (χ2n) is 2.92. The molecular formula is C7H2F7N3O. The smallest absolute Gasteiger partial charge is 0.425 e. The Morgan fingerprint density at radius 1 is 1.11 bits per heavy atom. The fourth-order valence-corrected chi connectivity index (χ4v) is 0.849. The number of hydrogen-bond donors (Lipinski definition) is 1. The molecule has 0 aliphatic carbocycles. The Hall–Kier alpha value is -1.99. The largest absolute Gasteiger partial charge is 0.470 e. The first-order chi connectivity index (χ1) is 8.03. The molecule has 0 radical (unpaired) electrons. The molecular weight excluding hydrogens is 275 g/mol. The van der Waals surface area contributed by atoms with Crippen LogP contribution in [0.2, 0.25) is 0 Å². The Bertz CT molecular complexity index is 455. The summed E-state index contributed by atoms with van der Waals surface area (Å²) in [5, 5.41) is 12.8. The van der Waals surface area contributed by atoms with Crippen LogP contribution in [0, 0.1) is 11.3 Å². The Morgan fingerprint density at radius 2 is 1.61 bits per heavy atom. The van der Waals surface area contributed by atoms with Gasteiger partial charge in [0.05, 0.1) is 6.20 Å². The van der Waals surface area contributed by atoms with Gasteiger partial charge in [-0.2, -0.15) is 41.1 Å². The molecule has 1 aromatic rings. The molecule has 1 aromatic heterocycles. The van der Waals surface area contributed by atoms with Crippen molar-refractivity contribution in [3.63, 3.8) is 0 Å². The number of halogens is 7. The van der Waals surface area contributed by atoms with E-state index < -0.39 is 29.7 Å². The van der Waals surface area contributed by atoms with Crippen LogP contribution in [0.15, 0.2) is 6.20 Å². The van der Waals surface area contributed by atoms with E-state index in [1.807, 2.05) is 0 Å². The first kappa shape index (κ1) is 14.1. The van der Waals surface area contributed by atoms with Gasteiger partial charge in [0.15, 0.2) is 0 Å². The lowest BCUT2D eigenvalue weighted by molar-refractivity contribution is -0.406. The number of aromatic nitrogens is 2. The fraction of sp³-hybridized carbons (Fsp3) is 0.429. The number of hydrogen-bond acceptors (Lipinski definition) is 3. The highest BCUT2D eigenvalue weighted by atomic mass is 19.4. The quantitative estimate of drug-likeness (QED) is 0.844. The standard InChI is InChI=1S/C7H2F7N3O/c8-5(6(9,10)11,7(12,13)14)18-4-3(1-15)2-16-17-4/h2H,(H,16,17). The van der Waals surface area contributed by atoms with Crippen LogP contribution in [-0.4, -0.2) is 28.4 Å². The van der Waals surface area contributed by atoms with Crippen molar-refractivity contribution in [3.05, 3.63) is 11.8 Å². The van der Waals surface area contributed by atoms with Gasteiger partial charge in [-0.05, 0) is 0 Å². The normalized spacial score (nSPS) is 13.2. The molecule has 0 aliphatic rings. The molecule has 0 fully saturated rings. The zero-order valence-corrected chi connectivity index (χ0v) is 8.03. The Kier molecular flexibility index (Phi) is 3.16. The van der Waals surface area contributed by atoms with Gasteiger partial charge in [-0.1, -0.05) is 0 Å². The summed E-state index contributed by atoms with van der Waals surface area (Å²) in [4.78, 5) is 0. The van der Waals surface area contributed by atoms with Crippen LogP contribution in [-0.2, 0) is 0 Å². The molecule has 0 spiro atoms. The summed E-state index contributed by atoms with van der Waals surface area (Å²) in [5.41, 5.74) is -0.800. The SMILES string of the molecule is N#Cc1cn[nH]c1OC(F)(C(F)(F)F)C(F)(F)F. The topological polar surface area (TPSA) is 61.7 Å². The van der Waals surface area contributed by atoms with E-state index in [4.69, 9.17) is 5.26 Å². The molecule has 0 aromatic carbocycles. The summed E-state index contributed by atoms with van der Waals surface area (Å²) >= 11 is 0. The van der Waals surface area contributed by atoms with Crippen molar-refractivity contribution in [2.24, 2.45) is 0 Å². The van der Waals surface area contributed by atoms with Crippen LogP contribution < -0.4 is 4.74 Å². The first-order valence-electron chi connectivity index (χ1n) is 3.98. The molecule has 11 heteroatoms. The van der Waals surface area contributed by atoms with E-state index in [1.165, 1.54) is 11.2 Å². The van der Waals surface area contributed by atoms with Crippen molar-refractivity contribution >= 4 is 0 Å². The molecule has 1 rings (SSSR count). The Morgan fingerprint density at radius 3 is 2.00 bits per heavy atom. The van der Waals surface area contributed by atoms with E-state index >= 15 is 0 Å². The molecule has 100 valence electrons. The van der Waals surface area contributed by atoms with Gasteiger partial charge in [0, 0.05) is 0 Å². The summed E-state index contributed by atoms with van der Waals surface area (Å²) in [5.74, 6) is -7.30. The summed E-state index contributed by atoms with van der Waals surface area (Å²) in [6, 6.07) is 1.18. The van der Waals surface area contributed by atoms with Crippen molar-refractivity contribution in [2.45, 2.75) is 18.2 Å². The van der Waals surface area contributed by atoms with Crippen molar-refractivity contribution in [1.29, 1.82) is 5.26 Å². The van der Waals surface area contributed by atoms with E-state index in [0.29, 0.717) is 6.20 Å².